The van der Waals surface area contributed by atoms with Crippen molar-refractivity contribution in [3.05, 3.63) is 77.9 Å². The van der Waals surface area contributed by atoms with Crippen LogP contribution >= 0.6 is 0 Å². The number of amides is 2. The van der Waals surface area contributed by atoms with Crippen LogP contribution in [0.3, 0.4) is 0 Å². The van der Waals surface area contributed by atoms with Gasteiger partial charge in [0.05, 0.1) is 6.04 Å². The highest BCUT2D eigenvalue weighted by atomic mass is 16.3. The molecule has 0 aliphatic rings. The third kappa shape index (κ3) is 5.80. The Kier molecular flexibility index (Phi) is 7.75. The van der Waals surface area contributed by atoms with E-state index in [0.717, 1.165) is 22.9 Å². The van der Waals surface area contributed by atoms with Crippen LogP contribution in [0.2, 0.25) is 0 Å². The van der Waals surface area contributed by atoms with Crippen molar-refractivity contribution in [1.29, 1.82) is 0 Å². The van der Waals surface area contributed by atoms with E-state index < -0.39 is 0 Å². The molecule has 5 nitrogen and oxygen atoms in total. The normalized spacial score (nSPS) is 13.3. The number of likely N-dealkylation sites (N-methyl/N-ethyl adjacent to an activating group) is 1. The van der Waals surface area contributed by atoms with Gasteiger partial charge in [0.25, 0.3) is 0 Å². The monoisotopic (exact) mass is 433 g/mol. The fourth-order valence-corrected chi connectivity index (χ4v) is 4.04. The van der Waals surface area contributed by atoms with Gasteiger partial charge in [0, 0.05) is 18.6 Å². The molecule has 0 fully saturated rings. The minimum absolute atomic E-state index is 0.0574. The molecule has 2 amide bonds. The van der Waals surface area contributed by atoms with Crippen molar-refractivity contribution in [2.45, 2.75) is 45.3 Å². The highest BCUT2D eigenvalue weighted by Gasteiger charge is 2.25. The average Bonchev–Trinajstić information content (AvgIpc) is 2.76. The summed E-state index contributed by atoms with van der Waals surface area (Å²) >= 11 is 0. The second-order valence-electron chi connectivity index (χ2n) is 8.97. The molecule has 0 spiro atoms. The second kappa shape index (κ2) is 10.5. The summed E-state index contributed by atoms with van der Waals surface area (Å²) in [6.07, 6.45) is 0.794. The number of rotatable bonds is 8. The molecule has 0 radical (unpaired) electrons. The van der Waals surface area contributed by atoms with E-state index in [1.165, 1.54) is 5.39 Å². The van der Waals surface area contributed by atoms with Gasteiger partial charge in [0.1, 0.15) is 5.75 Å². The van der Waals surface area contributed by atoms with Crippen LogP contribution in [0.4, 0.5) is 4.79 Å². The van der Waals surface area contributed by atoms with E-state index in [2.05, 4.69) is 48.3 Å². The van der Waals surface area contributed by atoms with Crippen molar-refractivity contribution < 1.29 is 9.90 Å². The first kappa shape index (κ1) is 23.6. The molecule has 5 heteroatoms. The van der Waals surface area contributed by atoms with Gasteiger partial charge in [-0.3, -0.25) is 0 Å². The van der Waals surface area contributed by atoms with Gasteiger partial charge in [0.15, 0.2) is 0 Å². The summed E-state index contributed by atoms with van der Waals surface area (Å²) in [5.41, 5.74) is 2.25. The molecule has 3 rings (SSSR count). The molecule has 0 saturated heterocycles. The Bertz CT molecular complexity index is 1030. The summed E-state index contributed by atoms with van der Waals surface area (Å²) in [5, 5.41) is 15.1. The van der Waals surface area contributed by atoms with Gasteiger partial charge in [-0.05, 0) is 75.3 Å². The largest absolute Gasteiger partial charge is 0.508 e. The highest BCUT2D eigenvalue weighted by molar-refractivity contribution is 5.86. The minimum Gasteiger partial charge on any atom is -0.508 e. The maximum absolute atomic E-state index is 13.3. The molecule has 32 heavy (non-hydrogen) atoms. The van der Waals surface area contributed by atoms with Gasteiger partial charge in [-0.15, -0.1) is 0 Å². The first-order valence-electron chi connectivity index (χ1n) is 11.3. The Labute approximate surface area is 191 Å². The van der Waals surface area contributed by atoms with Crippen molar-refractivity contribution in [3.8, 4) is 5.75 Å². The van der Waals surface area contributed by atoms with Crippen molar-refractivity contribution in [1.82, 2.24) is 15.1 Å². The number of phenols is 1. The number of carbonyl (C=O) groups is 1. The topological polar surface area (TPSA) is 55.8 Å². The Morgan fingerprint density at radius 3 is 2.25 bits per heavy atom. The number of carbonyl (C=O) groups excluding carboxylic acids is 1. The maximum atomic E-state index is 13.3. The number of fused-ring (bicyclic) bond motifs is 1. The van der Waals surface area contributed by atoms with Gasteiger partial charge in [-0.1, -0.05) is 54.6 Å². The summed E-state index contributed by atoms with van der Waals surface area (Å²) in [6, 6.07) is 21.8. The van der Waals surface area contributed by atoms with E-state index in [9.17, 15) is 9.90 Å². The number of phenolic OH excluding ortho intramolecular Hbond substituents is 1. The number of nitrogens with zero attached hydrogens (tertiary/aromatic N) is 2. The third-order valence-electron chi connectivity index (χ3n) is 6.06. The van der Waals surface area contributed by atoms with Crippen molar-refractivity contribution >= 4 is 16.8 Å². The van der Waals surface area contributed by atoms with Crippen LogP contribution in [0.25, 0.3) is 10.8 Å². The smallest absolute Gasteiger partial charge is 0.318 e. The average molecular weight is 434 g/mol. The van der Waals surface area contributed by atoms with Gasteiger partial charge in [-0.2, -0.15) is 0 Å². The van der Waals surface area contributed by atoms with Crippen molar-refractivity contribution in [2.24, 2.45) is 0 Å². The number of hydrogen-bond donors (Lipinski definition) is 2. The minimum atomic E-state index is -0.107. The van der Waals surface area contributed by atoms with Gasteiger partial charge < -0.3 is 20.2 Å². The summed E-state index contributed by atoms with van der Waals surface area (Å²) in [7, 11) is 4.08. The maximum Gasteiger partial charge on any atom is 0.318 e. The fraction of sp³-hybridized carbons (Fsp3) is 0.370. The lowest BCUT2D eigenvalue weighted by Gasteiger charge is -2.35. The lowest BCUT2D eigenvalue weighted by Crippen LogP contribution is -2.51. The van der Waals surface area contributed by atoms with E-state index in [1.54, 1.807) is 12.1 Å². The van der Waals surface area contributed by atoms with Crippen LogP contribution in [0.1, 0.15) is 37.9 Å². The number of urea groups is 1. The Balaban J connectivity index is 1.74. The van der Waals surface area contributed by atoms with Crippen LogP contribution in [0, 0.1) is 0 Å². The Morgan fingerprint density at radius 1 is 0.938 bits per heavy atom. The summed E-state index contributed by atoms with van der Waals surface area (Å²) < 4.78 is 0. The van der Waals surface area contributed by atoms with E-state index >= 15 is 0 Å². The van der Waals surface area contributed by atoms with Crippen molar-refractivity contribution in [2.75, 3.05) is 20.6 Å². The fourth-order valence-electron chi connectivity index (χ4n) is 4.04. The molecule has 0 bridgehead atoms. The Hall–Kier alpha value is -3.05. The molecule has 0 aromatic heterocycles. The first-order chi connectivity index (χ1) is 15.3. The zero-order chi connectivity index (χ0) is 23.3. The van der Waals surface area contributed by atoms with E-state index in [4.69, 9.17) is 0 Å². The first-order valence-corrected chi connectivity index (χ1v) is 11.3. The quantitative estimate of drug-likeness (QED) is 0.513. The lowest BCUT2D eigenvalue weighted by atomic mass is 10.00. The highest BCUT2D eigenvalue weighted by Crippen LogP contribution is 2.24. The SMILES string of the molecule is CC(C)N(CC(Cc1ccc(O)cc1)N(C)C)C(=O)N[C@@H](C)c1cccc2ccccc12. The van der Waals surface area contributed by atoms with Crippen LogP contribution in [-0.4, -0.2) is 53.7 Å². The summed E-state index contributed by atoms with van der Waals surface area (Å²) in [4.78, 5) is 17.4. The molecular weight excluding hydrogens is 398 g/mol. The molecule has 170 valence electrons. The van der Waals surface area contributed by atoms with Gasteiger partial charge in [-0.25, -0.2) is 4.79 Å². The predicted molar refractivity (Wildman–Crippen MR) is 132 cm³/mol. The van der Waals surface area contributed by atoms with E-state index in [0.29, 0.717) is 6.54 Å². The molecular formula is C27H35N3O2. The van der Waals surface area contributed by atoms with Crippen LogP contribution in [-0.2, 0) is 6.42 Å². The van der Waals surface area contributed by atoms with Crippen LogP contribution in [0.5, 0.6) is 5.75 Å². The molecule has 2 atom stereocenters. The zero-order valence-electron chi connectivity index (χ0n) is 19.7. The van der Waals surface area contributed by atoms with E-state index in [1.807, 2.05) is 56.3 Å². The molecule has 0 aliphatic carbocycles. The number of aromatic hydroxyl groups is 1. The summed E-state index contributed by atoms with van der Waals surface area (Å²) in [5.74, 6) is 0.265. The Morgan fingerprint density at radius 2 is 1.59 bits per heavy atom. The molecule has 1 unspecified atom stereocenters. The van der Waals surface area contributed by atoms with E-state index in [-0.39, 0.29) is 29.9 Å². The number of benzene rings is 3. The summed E-state index contributed by atoms with van der Waals surface area (Å²) in [6.45, 7) is 6.75. The molecule has 0 heterocycles. The van der Waals surface area contributed by atoms with Gasteiger partial charge >= 0.3 is 6.03 Å². The molecule has 3 aromatic rings. The number of hydrogen-bond acceptors (Lipinski definition) is 3. The van der Waals surface area contributed by atoms with Gasteiger partial charge in [0.2, 0.25) is 0 Å². The molecule has 0 saturated carbocycles. The lowest BCUT2D eigenvalue weighted by molar-refractivity contribution is 0.151. The molecule has 3 aromatic carbocycles. The zero-order valence-corrected chi connectivity index (χ0v) is 19.7. The number of nitrogens with one attached hydrogen (secondary N) is 1. The second-order valence-corrected chi connectivity index (χ2v) is 8.97. The predicted octanol–water partition coefficient (Wildman–Crippen LogP) is 5.20. The standard InChI is InChI=1S/C27H35N3O2/c1-19(2)30(18-23(29(4)5)17-21-13-15-24(31)16-14-21)27(32)28-20(3)25-12-8-10-22-9-6-7-11-26(22)25/h6-16,19-20,23,31H,17-18H2,1-5H3,(H,28,32)/t20-,23?/m0/s1. The molecule has 2 N–H and O–H groups in total. The van der Waals surface area contributed by atoms with Crippen LogP contribution < -0.4 is 5.32 Å². The third-order valence-corrected chi connectivity index (χ3v) is 6.06. The van der Waals surface area contributed by atoms with Crippen LogP contribution in [0.15, 0.2) is 66.7 Å². The van der Waals surface area contributed by atoms with Crippen molar-refractivity contribution in [3.63, 3.8) is 0 Å². The molecule has 0 aliphatic heterocycles.